The van der Waals surface area contributed by atoms with Gasteiger partial charge in [0.1, 0.15) is 0 Å². The molecule has 0 aromatic carbocycles. The third-order valence-corrected chi connectivity index (χ3v) is 1.35. The van der Waals surface area contributed by atoms with Crippen LogP contribution in [-0.2, 0) is 0 Å². The summed E-state index contributed by atoms with van der Waals surface area (Å²) in [5, 5.41) is 0. The summed E-state index contributed by atoms with van der Waals surface area (Å²) in [5.74, 6) is 0. The summed E-state index contributed by atoms with van der Waals surface area (Å²) in [7, 11) is 0. The van der Waals surface area contributed by atoms with Crippen molar-refractivity contribution in [1.29, 1.82) is 0 Å². The van der Waals surface area contributed by atoms with Gasteiger partial charge in [-0.2, -0.15) is 0 Å². The standard InChI is InChI=1S/C10H16/c1-4-6-7-8-9-10(3)5-2/h4,6-9H,5H2,1-3H3. The van der Waals surface area contributed by atoms with E-state index >= 15 is 0 Å². The van der Waals surface area contributed by atoms with Crippen molar-refractivity contribution in [2.45, 2.75) is 27.2 Å². The number of hydrogen-bond donors (Lipinski definition) is 0. The Labute approximate surface area is 64.0 Å². The molecule has 0 aromatic heterocycles. The monoisotopic (exact) mass is 136 g/mol. The van der Waals surface area contributed by atoms with E-state index in [9.17, 15) is 0 Å². The Kier molecular flexibility index (Phi) is 5.85. The summed E-state index contributed by atoms with van der Waals surface area (Å²) in [6.45, 7) is 6.32. The Hall–Kier alpha value is -0.780. The maximum atomic E-state index is 2.16. The Morgan fingerprint density at radius 1 is 1.20 bits per heavy atom. The second-order valence-electron chi connectivity index (χ2n) is 2.28. The van der Waals surface area contributed by atoms with E-state index in [1.54, 1.807) is 0 Å². The molecule has 0 bridgehead atoms. The minimum absolute atomic E-state index is 1.14. The Balaban J connectivity index is 3.70. The van der Waals surface area contributed by atoms with Gasteiger partial charge < -0.3 is 0 Å². The fourth-order valence-corrected chi connectivity index (χ4v) is 0.513. The highest BCUT2D eigenvalue weighted by molar-refractivity contribution is 5.14. The van der Waals surface area contributed by atoms with Crippen molar-refractivity contribution < 1.29 is 0 Å². The molecule has 0 fully saturated rings. The molecule has 0 atom stereocenters. The smallest absolute Gasteiger partial charge is 0.0349 e. The van der Waals surface area contributed by atoms with Gasteiger partial charge in [-0.05, 0) is 20.3 Å². The van der Waals surface area contributed by atoms with Crippen LogP contribution >= 0.6 is 0 Å². The fraction of sp³-hybridized carbons (Fsp3) is 0.400. The molecule has 0 aromatic rings. The van der Waals surface area contributed by atoms with E-state index in [1.807, 2.05) is 25.2 Å². The van der Waals surface area contributed by atoms with Crippen molar-refractivity contribution in [3.8, 4) is 0 Å². The molecular formula is C10H16. The van der Waals surface area contributed by atoms with Crippen LogP contribution in [-0.4, -0.2) is 0 Å². The molecule has 10 heavy (non-hydrogen) atoms. The van der Waals surface area contributed by atoms with Crippen LogP contribution in [0.15, 0.2) is 36.0 Å². The quantitative estimate of drug-likeness (QED) is 0.521. The van der Waals surface area contributed by atoms with E-state index in [-0.39, 0.29) is 0 Å². The third kappa shape index (κ3) is 5.36. The van der Waals surface area contributed by atoms with Crippen molar-refractivity contribution in [1.82, 2.24) is 0 Å². The molecule has 0 radical (unpaired) electrons. The van der Waals surface area contributed by atoms with Gasteiger partial charge in [0.05, 0.1) is 0 Å². The molecule has 0 heterocycles. The highest BCUT2D eigenvalue weighted by atomic mass is 13.8. The summed E-state index contributed by atoms with van der Waals surface area (Å²) in [4.78, 5) is 0. The first-order valence-corrected chi connectivity index (χ1v) is 3.76. The molecule has 0 aliphatic rings. The van der Waals surface area contributed by atoms with E-state index in [0.717, 1.165) is 6.42 Å². The lowest BCUT2D eigenvalue weighted by atomic mass is 10.2. The molecule has 0 nitrogen and oxygen atoms in total. The maximum absolute atomic E-state index is 2.16. The van der Waals surface area contributed by atoms with Gasteiger partial charge in [0.15, 0.2) is 0 Å². The zero-order chi connectivity index (χ0) is 7.82. The first-order valence-electron chi connectivity index (χ1n) is 3.76. The van der Waals surface area contributed by atoms with Gasteiger partial charge in [-0.25, -0.2) is 0 Å². The van der Waals surface area contributed by atoms with Crippen molar-refractivity contribution in [2.75, 3.05) is 0 Å². The molecule has 0 aliphatic heterocycles. The van der Waals surface area contributed by atoms with Crippen LogP contribution in [0.5, 0.6) is 0 Å². The lowest BCUT2D eigenvalue weighted by Crippen LogP contribution is -1.66. The molecule has 0 rings (SSSR count). The predicted octanol–water partition coefficient (Wildman–Crippen LogP) is 3.48. The van der Waals surface area contributed by atoms with Crippen LogP contribution in [0.4, 0.5) is 0 Å². The predicted molar refractivity (Wildman–Crippen MR) is 48.0 cm³/mol. The highest BCUT2D eigenvalue weighted by Crippen LogP contribution is 1.97. The first kappa shape index (κ1) is 9.22. The molecule has 0 amide bonds. The van der Waals surface area contributed by atoms with Crippen molar-refractivity contribution in [3.63, 3.8) is 0 Å². The summed E-state index contributed by atoms with van der Waals surface area (Å²) >= 11 is 0. The topological polar surface area (TPSA) is 0 Å². The van der Waals surface area contributed by atoms with E-state index in [4.69, 9.17) is 0 Å². The van der Waals surface area contributed by atoms with Gasteiger partial charge in [-0.15, -0.1) is 0 Å². The molecule has 0 unspecified atom stereocenters. The zero-order valence-corrected chi connectivity index (χ0v) is 7.09. The minimum atomic E-state index is 1.14. The Bertz CT molecular complexity index is 147. The average Bonchev–Trinajstić information content (AvgIpc) is 1.98. The second kappa shape index (κ2) is 6.34. The maximum Gasteiger partial charge on any atom is -0.0349 e. The average molecular weight is 136 g/mol. The van der Waals surface area contributed by atoms with E-state index in [2.05, 4.69) is 26.0 Å². The minimum Gasteiger partial charge on any atom is -0.0877 e. The van der Waals surface area contributed by atoms with E-state index in [1.165, 1.54) is 5.57 Å². The van der Waals surface area contributed by atoms with Gasteiger partial charge in [0.25, 0.3) is 0 Å². The summed E-state index contributed by atoms with van der Waals surface area (Å²) in [5.41, 5.74) is 1.42. The van der Waals surface area contributed by atoms with Gasteiger partial charge in [-0.1, -0.05) is 42.9 Å². The van der Waals surface area contributed by atoms with Crippen LogP contribution in [0.3, 0.4) is 0 Å². The largest absolute Gasteiger partial charge is 0.0877 e. The van der Waals surface area contributed by atoms with Gasteiger partial charge in [0.2, 0.25) is 0 Å². The van der Waals surface area contributed by atoms with E-state index in [0.29, 0.717) is 0 Å². The Morgan fingerprint density at radius 2 is 1.90 bits per heavy atom. The molecule has 0 aliphatic carbocycles. The SMILES string of the molecule is CC=CC=CC=C(C)CC. The van der Waals surface area contributed by atoms with Crippen LogP contribution < -0.4 is 0 Å². The van der Waals surface area contributed by atoms with Crippen LogP contribution in [0.2, 0.25) is 0 Å². The second-order valence-corrected chi connectivity index (χ2v) is 2.28. The first-order chi connectivity index (χ1) is 4.81. The van der Waals surface area contributed by atoms with Crippen LogP contribution in [0.25, 0.3) is 0 Å². The molecule has 0 spiro atoms. The summed E-state index contributed by atoms with van der Waals surface area (Å²) < 4.78 is 0. The van der Waals surface area contributed by atoms with E-state index < -0.39 is 0 Å². The number of allylic oxidation sites excluding steroid dienone is 6. The van der Waals surface area contributed by atoms with Crippen LogP contribution in [0, 0.1) is 0 Å². The molecule has 56 valence electrons. The summed E-state index contributed by atoms with van der Waals surface area (Å²) in [6, 6.07) is 0. The highest BCUT2D eigenvalue weighted by Gasteiger charge is 1.76. The van der Waals surface area contributed by atoms with Gasteiger partial charge in [0, 0.05) is 0 Å². The fourth-order valence-electron chi connectivity index (χ4n) is 0.513. The van der Waals surface area contributed by atoms with Gasteiger partial charge in [-0.3, -0.25) is 0 Å². The van der Waals surface area contributed by atoms with Crippen molar-refractivity contribution >= 4 is 0 Å². The molecule has 0 saturated carbocycles. The lowest BCUT2D eigenvalue weighted by Gasteiger charge is -1.87. The molecular weight excluding hydrogens is 120 g/mol. The zero-order valence-electron chi connectivity index (χ0n) is 7.09. The lowest BCUT2D eigenvalue weighted by molar-refractivity contribution is 1.10. The van der Waals surface area contributed by atoms with Crippen LogP contribution in [0.1, 0.15) is 27.2 Å². The molecule has 0 N–H and O–H groups in total. The van der Waals surface area contributed by atoms with Gasteiger partial charge >= 0.3 is 0 Å². The number of hydrogen-bond acceptors (Lipinski definition) is 0. The Morgan fingerprint density at radius 3 is 2.40 bits per heavy atom. The summed E-state index contributed by atoms with van der Waals surface area (Å²) in [6.07, 6.45) is 11.4. The molecule has 0 saturated heterocycles. The molecule has 0 heteroatoms. The van der Waals surface area contributed by atoms with Crippen molar-refractivity contribution in [2.24, 2.45) is 0 Å². The van der Waals surface area contributed by atoms with Crippen molar-refractivity contribution in [3.05, 3.63) is 36.0 Å². The number of rotatable bonds is 3. The normalized spacial score (nSPS) is 13.7. The third-order valence-electron chi connectivity index (χ3n) is 1.35.